The Morgan fingerprint density at radius 2 is 1.95 bits per heavy atom. The van der Waals surface area contributed by atoms with E-state index < -0.39 is 0 Å². The van der Waals surface area contributed by atoms with Crippen molar-refractivity contribution < 1.29 is 9.47 Å². The second-order valence-electron chi connectivity index (χ2n) is 5.53. The number of thioether (sulfide) groups is 1. The lowest BCUT2D eigenvalue weighted by Gasteiger charge is -2.19. The molecule has 0 saturated heterocycles. The minimum atomic E-state index is 0.107. The number of aliphatic imine (C=N–C) groups is 1. The number of nitrogens with zero attached hydrogens (tertiary/aromatic N) is 1. The summed E-state index contributed by atoms with van der Waals surface area (Å²) >= 11 is 1.78. The van der Waals surface area contributed by atoms with Gasteiger partial charge < -0.3 is 20.5 Å². The van der Waals surface area contributed by atoms with E-state index >= 15 is 0 Å². The Morgan fingerprint density at radius 3 is 2.55 bits per heavy atom. The number of hydrogen-bond acceptors (Lipinski definition) is 4. The maximum absolute atomic E-state index is 5.89. The Bertz CT molecular complexity index is 504. The Morgan fingerprint density at radius 1 is 1.27 bits per heavy atom. The van der Waals surface area contributed by atoms with E-state index in [-0.39, 0.29) is 4.75 Å². The maximum atomic E-state index is 5.89. The van der Waals surface area contributed by atoms with Crippen LogP contribution in [0.4, 0.5) is 0 Å². The number of hydrogen-bond donors (Lipinski definition) is 2. The molecule has 0 fully saturated rings. The molecule has 0 amide bonds. The first kappa shape index (κ1) is 18.5. The highest BCUT2D eigenvalue weighted by molar-refractivity contribution is 7.99. The number of methoxy groups -OCH3 is 2. The van der Waals surface area contributed by atoms with Crippen LogP contribution in [0.3, 0.4) is 0 Å². The van der Waals surface area contributed by atoms with Crippen LogP contribution < -0.4 is 20.5 Å². The Labute approximate surface area is 137 Å². The first-order valence-corrected chi connectivity index (χ1v) is 8.44. The van der Waals surface area contributed by atoms with Gasteiger partial charge >= 0.3 is 0 Å². The summed E-state index contributed by atoms with van der Waals surface area (Å²) in [6.45, 7) is 5.73. The molecule has 5 nitrogen and oxygen atoms in total. The molecule has 1 aromatic carbocycles. The van der Waals surface area contributed by atoms with Gasteiger partial charge in [-0.1, -0.05) is 6.07 Å². The van der Waals surface area contributed by atoms with Crippen molar-refractivity contribution in [2.24, 2.45) is 10.7 Å². The topological polar surface area (TPSA) is 68.9 Å². The second kappa shape index (κ2) is 8.78. The van der Waals surface area contributed by atoms with Crippen molar-refractivity contribution in [3.05, 3.63) is 23.8 Å². The molecule has 0 unspecified atom stereocenters. The van der Waals surface area contributed by atoms with Crippen LogP contribution >= 0.6 is 11.8 Å². The van der Waals surface area contributed by atoms with Gasteiger partial charge in [0.05, 0.1) is 20.8 Å². The summed E-state index contributed by atoms with van der Waals surface area (Å²) in [6.07, 6.45) is 2.92. The van der Waals surface area contributed by atoms with Gasteiger partial charge in [0.25, 0.3) is 0 Å². The number of guanidine groups is 1. The number of ether oxygens (including phenoxy) is 2. The zero-order valence-electron chi connectivity index (χ0n) is 14.1. The Kier molecular flexibility index (Phi) is 7.38. The molecule has 1 rings (SSSR count). The maximum Gasteiger partial charge on any atom is 0.188 e. The molecule has 0 heterocycles. The summed E-state index contributed by atoms with van der Waals surface area (Å²) in [7, 11) is 3.27. The SMILES string of the molecule is COc1ccc(CCNC(N)=NCC(C)(C)SC)cc1OC. The van der Waals surface area contributed by atoms with E-state index in [4.69, 9.17) is 15.2 Å². The molecule has 1 aromatic rings. The van der Waals surface area contributed by atoms with E-state index in [0.717, 1.165) is 30.0 Å². The molecule has 0 spiro atoms. The zero-order chi connectivity index (χ0) is 16.6. The van der Waals surface area contributed by atoms with E-state index in [2.05, 4.69) is 30.4 Å². The van der Waals surface area contributed by atoms with Gasteiger partial charge in [0.2, 0.25) is 0 Å². The monoisotopic (exact) mass is 325 g/mol. The third kappa shape index (κ3) is 6.05. The average molecular weight is 325 g/mol. The average Bonchev–Trinajstić information content (AvgIpc) is 2.52. The fourth-order valence-corrected chi connectivity index (χ4v) is 1.96. The number of nitrogens with one attached hydrogen (secondary N) is 1. The number of nitrogens with two attached hydrogens (primary N) is 1. The summed E-state index contributed by atoms with van der Waals surface area (Å²) in [5.74, 6) is 1.96. The lowest BCUT2D eigenvalue weighted by Crippen LogP contribution is -2.34. The molecule has 0 aliphatic carbocycles. The molecule has 3 N–H and O–H groups in total. The third-order valence-electron chi connectivity index (χ3n) is 3.35. The highest BCUT2D eigenvalue weighted by Crippen LogP contribution is 2.27. The summed E-state index contributed by atoms with van der Waals surface area (Å²) in [6, 6.07) is 5.91. The van der Waals surface area contributed by atoms with Crippen LogP contribution in [-0.2, 0) is 6.42 Å². The normalized spacial score (nSPS) is 12.1. The van der Waals surface area contributed by atoms with Crippen molar-refractivity contribution in [1.82, 2.24) is 5.32 Å². The number of rotatable bonds is 8. The molecule has 124 valence electrons. The van der Waals surface area contributed by atoms with Gasteiger partial charge in [0.1, 0.15) is 0 Å². The van der Waals surface area contributed by atoms with E-state index in [9.17, 15) is 0 Å². The Hall–Kier alpha value is -1.56. The minimum Gasteiger partial charge on any atom is -0.493 e. The van der Waals surface area contributed by atoms with E-state index in [1.54, 1.807) is 26.0 Å². The predicted octanol–water partition coefficient (Wildman–Crippen LogP) is 2.29. The molecule has 0 saturated carbocycles. The van der Waals surface area contributed by atoms with Gasteiger partial charge in [-0.3, -0.25) is 4.99 Å². The summed E-state index contributed by atoms with van der Waals surface area (Å²) in [4.78, 5) is 4.38. The van der Waals surface area contributed by atoms with Crippen LogP contribution in [0.25, 0.3) is 0 Å². The highest BCUT2D eigenvalue weighted by Gasteiger charge is 2.14. The van der Waals surface area contributed by atoms with Crippen molar-refractivity contribution in [3.8, 4) is 11.5 Å². The molecule has 0 aromatic heterocycles. The van der Waals surface area contributed by atoms with Crippen LogP contribution in [0.15, 0.2) is 23.2 Å². The van der Waals surface area contributed by atoms with Crippen LogP contribution in [0.5, 0.6) is 11.5 Å². The van der Waals surface area contributed by atoms with Crippen molar-refractivity contribution >= 4 is 17.7 Å². The second-order valence-corrected chi connectivity index (χ2v) is 7.04. The largest absolute Gasteiger partial charge is 0.493 e. The van der Waals surface area contributed by atoms with Crippen molar-refractivity contribution in [1.29, 1.82) is 0 Å². The van der Waals surface area contributed by atoms with E-state index in [1.807, 2.05) is 18.2 Å². The highest BCUT2D eigenvalue weighted by atomic mass is 32.2. The molecule has 6 heteroatoms. The minimum absolute atomic E-state index is 0.107. The fourth-order valence-electron chi connectivity index (χ4n) is 1.77. The van der Waals surface area contributed by atoms with Gasteiger partial charge in [0, 0.05) is 11.3 Å². The van der Waals surface area contributed by atoms with Gasteiger partial charge in [-0.05, 0) is 44.2 Å². The molecule has 0 aliphatic heterocycles. The first-order valence-electron chi connectivity index (χ1n) is 7.21. The molecule has 0 radical (unpaired) electrons. The third-order valence-corrected chi connectivity index (χ3v) is 4.58. The molecule has 0 atom stereocenters. The van der Waals surface area contributed by atoms with Crippen LogP contribution in [0, 0.1) is 0 Å². The molecule has 22 heavy (non-hydrogen) atoms. The van der Waals surface area contributed by atoms with E-state index in [1.165, 1.54) is 0 Å². The van der Waals surface area contributed by atoms with Gasteiger partial charge in [-0.15, -0.1) is 0 Å². The van der Waals surface area contributed by atoms with E-state index in [0.29, 0.717) is 12.5 Å². The smallest absolute Gasteiger partial charge is 0.188 e. The molecule has 0 aliphatic rings. The van der Waals surface area contributed by atoms with Gasteiger partial charge in [-0.2, -0.15) is 11.8 Å². The van der Waals surface area contributed by atoms with Crippen molar-refractivity contribution in [3.63, 3.8) is 0 Å². The van der Waals surface area contributed by atoms with Crippen molar-refractivity contribution in [2.75, 3.05) is 33.6 Å². The standard InChI is InChI=1S/C16H27N3O2S/c1-16(2,22-5)11-19-15(17)18-9-8-12-6-7-13(20-3)14(10-12)21-4/h6-7,10H,8-9,11H2,1-5H3,(H3,17,18,19). The molecular weight excluding hydrogens is 298 g/mol. The zero-order valence-corrected chi connectivity index (χ0v) is 14.9. The molecular formula is C16H27N3O2S. The molecule has 0 bridgehead atoms. The van der Waals surface area contributed by atoms with Crippen LogP contribution in [0.2, 0.25) is 0 Å². The lowest BCUT2D eigenvalue weighted by atomic mass is 10.1. The first-order chi connectivity index (χ1) is 10.4. The van der Waals surface area contributed by atoms with Crippen LogP contribution in [-0.4, -0.2) is 44.3 Å². The lowest BCUT2D eigenvalue weighted by molar-refractivity contribution is 0.354. The van der Waals surface area contributed by atoms with Gasteiger partial charge in [0.15, 0.2) is 17.5 Å². The summed E-state index contributed by atoms with van der Waals surface area (Å²) in [5, 5.41) is 3.14. The summed E-state index contributed by atoms with van der Waals surface area (Å²) in [5.41, 5.74) is 7.04. The summed E-state index contributed by atoms with van der Waals surface area (Å²) < 4.78 is 10.6. The van der Waals surface area contributed by atoms with Gasteiger partial charge in [-0.25, -0.2) is 0 Å². The van der Waals surface area contributed by atoms with Crippen LogP contribution in [0.1, 0.15) is 19.4 Å². The van der Waals surface area contributed by atoms with Crippen molar-refractivity contribution in [2.45, 2.75) is 25.0 Å². The number of benzene rings is 1. The quantitative estimate of drug-likeness (QED) is 0.567. The predicted molar refractivity (Wildman–Crippen MR) is 95.3 cm³/mol. The fraction of sp³-hybridized carbons (Fsp3) is 0.562. The Balaban J connectivity index is 2.48.